The smallest absolute Gasteiger partial charge is 0.126 e. The van der Waals surface area contributed by atoms with Gasteiger partial charge in [-0.25, -0.2) is 4.98 Å². The standard InChI is InChI=1S/C12H18N4/c1-8(2)7-16-11-4-5-14-6-10(11)15-12(16)9(3)13/h4-6,8-9H,7,13H2,1-3H3. The van der Waals surface area contributed by atoms with Crippen LogP contribution in [-0.4, -0.2) is 14.5 Å². The summed E-state index contributed by atoms with van der Waals surface area (Å²) >= 11 is 0. The summed E-state index contributed by atoms with van der Waals surface area (Å²) in [6.45, 7) is 7.29. The van der Waals surface area contributed by atoms with Gasteiger partial charge in [-0.2, -0.15) is 0 Å². The Morgan fingerprint density at radius 2 is 2.12 bits per heavy atom. The Balaban J connectivity index is 2.60. The van der Waals surface area contributed by atoms with E-state index in [9.17, 15) is 0 Å². The van der Waals surface area contributed by atoms with Gasteiger partial charge in [0, 0.05) is 12.7 Å². The Bertz CT molecular complexity index is 485. The predicted octanol–water partition coefficient (Wildman–Crippen LogP) is 2.11. The van der Waals surface area contributed by atoms with Crippen molar-refractivity contribution < 1.29 is 0 Å². The minimum absolute atomic E-state index is 0.0499. The van der Waals surface area contributed by atoms with Crippen LogP contribution in [0.3, 0.4) is 0 Å². The molecule has 4 heteroatoms. The summed E-state index contributed by atoms with van der Waals surface area (Å²) in [5.41, 5.74) is 8.00. The highest BCUT2D eigenvalue weighted by Crippen LogP contribution is 2.20. The first kappa shape index (κ1) is 11.1. The van der Waals surface area contributed by atoms with Crippen LogP contribution >= 0.6 is 0 Å². The van der Waals surface area contributed by atoms with Crippen LogP contribution in [0.25, 0.3) is 11.0 Å². The van der Waals surface area contributed by atoms with Gasteiger partial charge in [0.1, 0.15) is 11.3 Å². The minimum Gasteiger partial charge on any atom is -0.326 e. The van der Waals surface area contributed by atoms with E-state index in [0.717, 1.165) is 23.4 Å². The van der Waals surface area contributed by atoms with Gasteiger partial charge in [-0.1, -0.05) is 13.8 Å². The molecule has 2 heterocycles. The molecule has 0 saturated carbocycles. The number of pyridine rings is 1. The molecular formula is C12H18N4. The highest BCUT2D eigenvalue weighted by Gasteiger charge is 2.14. The average Bonchev–Trinajstić information content (AvgIpc) is 2.57. The van der Waals surface area contributed by atoms with Gasteiger partial charge in [-0.05, 0) is 18.9 Å². The van der Waals surface area contributed by atoms with Crippen LogP contribution in [0.1, 0.15) is 32.6 Å². The molecule has 2 rings (SSSR count). The van der Waals surface area contributed by atoms with E-state index in [-0.39, 0.29) is 6.04 Å². The van der Waals surface area contributed by atoms with Crippen LogP contribution in [0.15, 0.2) is 18.5 Å². The Morgan fingerprint density at radius 1 is 1.38 bits per heavy atom. The molecule has 0 amide bonds. The average molecular weight is 218 g/mol. The van der Waals surface area contributed by atoms with Gasteiger partial charge >= 0.3 is 0 Å². The van der Waals surface area contributed by atoms with Gasteiger partial charge in [0.05, 0.1) is 17.8 Å². The van der Waals surface area contributed by atoms with Crippen LogP contribution in [-0.2, 0) is 6.54 Å². The van der Waals surface area contributed by atoms with Gasteiger partial charge in [-0.3, -0.25) is 4.98 Å². The van der Waals surface area contributed by atoms with E-state index >= 15 is 0 Å². The van der Waals surface area contributed by atoms with E-state index in [1.807, 2.05) is 13.0 Å². The van der Waals surface area contributed by atoms with Crippen molar-refractivity contribution in [2.45, 2.75) is 33.4 Å². The van der Waals surface area contributed by atoms with E-state index < -0.39 is 0 Å². The summed E-state index contributed by atoms with van der Waals surface area (Å²) in [6, 6.07) is 1.95. The van der Waals surface area contributed by atoms with Gasteiger partial charge in [-0.15, -0.1) is 0 Å². The van der Waals surface area contributed by atoms with E-state index in [1.165, 1.54) is 0 Å². The molecule has 1 atom stereocenters. The van der Waals surface area contributed by atoms with Crippen LogP contribution in [0, 0.1) is 5.92 Å². The van der Waals surface area contributed by atoms with Crippen molar-refractivity contribution in [3.8, 4) is 0 Å². The summed E-state index contributed by atoms with van der Waals surface area (Å²) in [5.74, 6) is 1.51. The van der Waals surface area contributed by atoms with Gasteiger partial charge in [0.25, 0.3) is 0 Å². The normalized spacial score (nSPS) is 13.6. The summed E-state index contributed by atoms with van der Waals surface area (Å²) in [4.78, 5) is 8.63. The maximum atomic E-state index is 5.95. The Hall–Kier alpha value is -1.42. The maximum absolute atomic E-state index is 5.95. The van der Waals surface area contributed by atoms with E-state index in [0.29, 0.717) is 5.92 Å². The van der Waals surface area contributed by atoms with Crippen molar-refractivity contribution in [2.75, 3.05) is 0 Å². The third-order valence-corrected chi connectivity index (χ3v) is 2.54. The number of hydrogen-bond donors (Lipinski definition) is 1. The van der Waals surface area contributed by atoms with E-state index in [2.05, 4.69) is 28.4 Å². The first-order valence-electron chi connectivity index (χ1n) is 5.65. The van der Waals surface area contributed by atoms with Crippen molar-refractivity contribution in [1.29, 1.82) is 0 Å². The third kappa shape index (κ3) is 1.93. The molecule has 16 heavy (non-hydrogen) atoms. The third-order valence-electron chi connectivity index (χ3n) is 2.54. The van der Waals surface area contributed by atoms with Crippen molar-refractivity contribution in [3.63, 3.8) is 0 Å². The number of hydrogen-bond acceptors (Lipinski definition) is 3. The van der Waals surface area contributed by atoms with Crippen LogP contribution in [0.5, 0.6) is 0 Å². The van der Waals surface area contributed by atoms with Gasteiger partial charge < -0.3 is 10.3 Å². The van der Waals surface area contributed by atoms with Crippen molar-refractivity contribution >= 4 is 11.0 Å². The molecule has 4 nitrogen and oxygen atoms in total. The molecule has 0 radical (unpaired) electrons. The molecule has 0 saturated heterocycles. The van der Waals surface area contributed by atoms with Crippen LogP contribution in [0.2, 0.25) is 0 Å². The fourth-order valence-electron chi connectivity index (χ4n) is 1.91. The molecule has 0 aliphatic carbocycles. The number of imidazole rings is 1. The molecule has 1 unspecified atom stereocenters. The Labute approximate surface area is 95.5 Å². The largest absolute Gasteiger partial charge is 0.326 e. The number of nitrogens with two attached hydrogens (primary N) is 1. The summed E-state index contributed by atoms with van der Waals surface area (Å²) in [7, 11) is 0. The molecular weight excluding hydrogens is 200 g/mol. The molecule has 2 aromatic heterocycles. The first-order chi connectivity index (χ1) is 7.59. The zero-order chi connectivity index (χ0) is 11.7. The molecule has 2 N–H and O–H groups in total. The lowest BCUT2D eigenvalue weighted by atomic mass is 10.2. The minimum atomic E-state index is -0.0499. The van der Waals surface area contributed by atoms with Crippen molar-refractivity contribution in [3.05, 3.63) is 24.3 Å². The summed E-state index contributed by atoms with van der Waals surface area (Å²) < 4.78 is 2.20. The van der Waals surface area contributed by atoms with Gasteiger partial charge in [0.2, 0.25) is 0 Å². The molecule has 0 bridgehead atoms. The summed E-state index contributed by atoms with van der Waals surface area (Å²) in [6.07, 6.45) is 3.59. The highest BCUT2D eigenvalue weighted by molar-refractivity contribution is 5.74. The summed E-state index contributed by atoms with van der Waals surface area (Å²) in [5, 5.41) is 0. The molecule has 0 spiro atoms. The van der Waals surface area contributed by atoms with E-state index in [4.69, 9.17) is 5.73 Å². The number of nitrogens with zero attached hydrogens (tertiary/aromatic N) is 3. The molecule has 0 aromatic carbocycles. The topological polar surface area (TPSA) is 56.7 Å². The predicted molar refractivity (Wildman–Crippen MR) is 65.0 cm³/mol. The van der Waals surface area contributed by atoms with Gasteiger partial charge in [0.15, 0.2) is 0 Å². The zero-order valence-electron chi connectivity index (χ0n) is 10.0. The van der Waals surface area contributed by atoms with Crippen LogP contribution in [0.4, 0.5) is 0 Å². The number of aromatic nitrogens is 3. The lowest BCUT2D eigenvalue weighted by molar-refractivity contribution is 0.505. The monoisotopic (exact) mass is 218 g/mol. The number of rotatable bonds is 3. The lowest BCUT2D eigenvalue weighted by Gasteiger charge is -2.13. The molecule has 0 fully saturated rings. The second-order valence-corrected chi connectivity index (χ2v) is 4.63. The van der Waals surface area contributed by atoms with Crippen molar-refractivity contribution in [1.82, 2.24) is 14.5 Å². The molecule has 2 aromatic rings. The molecule has 86 valence electrons. The van der Waals surface area contributed by atoms with Crippen molar-refractivity contribution in [2.24, 2.45) is 11.7 Å². The first-order valence-corrected chi connectivity index (χ1v) is 5.65. The van der Waals surface area contributed by atoms with E-state index in [1.54, 1.807) is 12.4 Å². The zero-order valence-corrected chi connectivity index (χ0v) is 10.0. The Morgan fingerprint density at radius 3 is 2.75 bits per heavy atom. The molecule has 0 aliphatic heterocycles. The lowest BCUT2D eigenvalue weighted by Crippen LogP contribution is -2.15. The second-order valence-electron chi connectivity index (χ2n) is 4.63. The number of fused-ring (bicyclic) bond motifs is 1. The maximum Gasteiger partial charge on any atom is 0.126 e. The fourth-order valence-corrected chi connectivity index (χ4v) is 1.91. The van der Waals surface area contributed by atoms with Crippen LogP contribution < -0.4 is 5.73 Å². The molecule has 0 aliphatic rings. The fraction of sp³-hybridized carbons (Fsp3) is 0.500. The Kier molecular flexibility index (Phi) is 2.92. The quantitative estimate of drug-likeness (QED) is 0.858. The highest BCUT2D eigenvalue weighted by atomic mass is 15.1. The second kappa shape index (κ2) is 4.22. The SMILES string of the molecule is CC(C)Cn1c(C(C)N)nc2cnccc21.